The number of amides is 1. The Kier molecular flexibility index (Phi) is 5.86. The first-order chi connectivity index (χ1) is 12.2. The SMILES string of the molecule is Cc1ccc(C=CC(=O)N2CCN(CC=Cc3ccccc3)CC2)o1. The number of piperazine rings is 1. The zero-order valence-corrected chi connectivity index (χ0v) is 14.6. The molecule has 1 amide bonds. The summed E-state index contributed by atoms with van der Waals surface area (Å²) in [4.78, 5) is 16.5. The van der Waals surface area contributed by atoms with Crippen LogP contribution in [-0.4, -0.2) is 48.4 Å². The zero-order chi connectivity index (χ0) is 17.5. The fraction of sp³-hybridized carbons (Fsp3) is 0.286. The van der Waals surface area contributed by atoms with Crippen molar-refractivity contribution in [2.24, 2.45) is 0 Å². The highest BCUT2D eigenvalue weighted by Gasteiger charge is 2.18. The second-order valence-electron chi connectivity index (χ2n) is 6.22. The topological polar surface area (TPSA) is 36.7 Å². The third-order valence-electron chi connectivity index (χ3n) is 4.31. The quantitative estimate of drug-likeness (QED) is 0.785. The van der Waals surface area contributed by atoms with Crippen LogP contribution in [0.15, 0.2) is 59.0 Å². The predicted octanol–water partition coefficient (Wildman–Crippen LogP) is 3.46. The highest BCUT2D eigenvalue weighted by Crippen LogP contribution is 2.09. The molecule has 2 aromatic rings. The van der Waals surface area contributed by atoms with Crippen LogP contribution in [0.4, 0.5) is 0 Å². The lowest BCUT2D eigenvalue weighted by molar-refractivity contribution is -0.127. The molecule has 0 radical (unpaired) electrons. The Labute approximate surface area is 149 Å². The molecule has 130 valence electrons. The summed E-state index contributed by atoms with van der Waals surface area (Å²) in [6.45, 7) is 6.14. The van der Waals surface area contributed by atoms with Gasteiger partial charge in [-0.15, -0.1) is 0 Å². The van der Waals surface area contributed by atoms with Crippen LogP contribution in [0.3, 0.4) is 0 Å². The van der Waals surface area contributed by atoms with Gasteiger partial charge < -0.3 is 9.32 Å². The number of carbonyl (C=O) groups is 1. The average molecular weight is 336 g/mol. The molecule has 0 bridgehead atoms. The van der Waals surface area contributed by atoms with Gasteiger partial charge in [0.25, 0.3) is 0 Å². The summed E-state index contributed by atoms with van der Waals surface area (Å²) in [6, 6.07) is 14.1. The zero-order valence-electron chi connectivity index (χ0n) is 14.6. The Morgan fingerprint density at radius 2 is 1.80 bits per heavy atom. The largest absolute Gasteiger partial charge is 0.462 e. The van der Waals surface area contributed by atoms with Crippen molar-refractivity contribution in [1.29, 1.82) is 0 Å². The highest BCUT2D eigenvalue weighted by atomic mass is 16.3. The standard InChI is InChI=1S/C21H24N2O2/c1-18-9-10-20(25-18)11-12-21(24)23-16-14-22(15-17-23)13-5-8-19-6-3-2-4-7-19/h2-12H,13-17H2,1H3. The van der Waals surface area contributed by atoms with E-state index in [0.29, 0.717) is 0 Å². The van der Waals surface area contributed by atoms with E-state index < -0.39 is 0 Å². The maximum Gasteiger partial charge on any atom is 0.246 e. The lowest BCUT2D eigenvalue weighted by Gasteiger charge is -2.33. The minimum absolute atomic E-state index is 0.0496. The molecular weight excluding hydrogens is 312 g/mol. The lowest BCUT2D eigenvalue weighted by atomic mass is 10.2. The van der Waals surface area contributed by atoms with Gasteiger partial charge in [0.15, 0.2) is 0 Å². The number of benzene rings is 1. The number of hydrogen-bond acceptors (Lipinski definition) is 3. The fourth-order valence-corrected chi connectivity index (χ4v) is 2.85. The molecule has 0 N–H and O–H groups in total. The maximum absolute atomic E-state index is 12.2. The monoisotopic (exact) mass is 336 g/mol. The first-order valence-corrected chi connectivity index (χ1v) is 8.68. The molecular formula is C21H24N2O2. The molecule has 1 aromatic carbocycles. The number of hydrogen-bond donors (Lipinski definition) is 0. The minimum Gasteiger partial charge on any atom is -0.462 e. The van der Waals surface area contributed by atoms with Crippen molar-refractivity contribution >= 4 is 18.1 Å². The van der Waals surface area contributed by atoms with Gasteiger partial charge in [0.05, 0.1) is 0 Å². The van der Waals surface area contributed by atoms with Crippen LogP contribution in [0.1, 0.15) is 17.1 Å². The second kappa shape index (κ2) is 8.49. The van der Waals surface area contributed by atoms with Gasteiger partial charge in [-0.2, -0.15) is 0 Å². The van der Waals surface area contributed by atoms with Crippen molar-refractivity contribution in [3.05, 3.63) is 71.7 Å². The molecule has 1 aliphatic heterocycles. The Balaban J connectivity index is 1.43. The van der Waals surface area contributed by atoms with Crippen molar-refractivity contribution in [2.75, 3.05) is 32.7 Å². The second-order valence-corrected chi connectivity index (χ2v) is 6.22. The van der Waals surface area contributed by atoms with Crippen LogP contribution in [-0.2, 0) is 4.79 Å². The maximum atomic E-state index is 12.2. The normalized spacial score (nSPS) is 16.1. The van der Waals surface area contributed by atoms with Crippen LogP contribution in [0.2, 0.25) is 0 Å². The molecule has 0 aliphatic carbocycles. The summed E-state index contributed by atoms with van der Waals surface area (Å²) >= 11 is 0. The van der Waals surface area contributed by atoms with E-state index in [2.05, 4.69) is 29.2 Å². The Hall–Kier alpha value is -2.59. The van der Waals surface area contributed by atoms with Crippen LogP contribution >= 0.6 is 0 Å². The molecule has 0 atom stereocenters. The first kappa shape index (κ1) is 17.2. The van der Waals surface area contributed by atoms with E-state index in [1.54, 1.807) is 12.2 Å². The van der Waals surface area contributed by atoms with Crippen molar-refractivity contribution in [3.8, 4) is 0 Å². The number of rotatable bonds is 5. The van der Waals surface area contributed by atoms with Crippen LogP contribution in [0.25, 0.3) is 12.2 Å². The summed E-state index contributed by atoms with van der Waals surface area (Å²) < 4.78 is 5.45. The van der Waals surface area contributed by atoms with Gasteiger partial charge in [-0.05, 0) is 30.7 Å². The molecule has 2 heterocycles. The Morgan fingerprint density at radius 1 is 1.04 bits per heavy atom. The average Bonchev–Trinajstić information content (AvgIpc) is 3.06. The van der Waals surface area contributed by atoms with Crippen LogP contribution in [0.5, 0.6) is 0 Å². The molecule has 1 fully saturated rings. The molecule has 25 heavy (non-hydrogen) atoms. The molecule has 1 aromatic heterocycles. The van der Waals surface area contributed by atoms with Crippen molar-refractivity contribution in [3.63, 3.8) is 0 Å². The summed E-state index contributed by atoms with van der Waals surface area (Å²) in [5.41, 5.74) is 1.22. The molecule has 1 aliphatic rings. The third kappa shape index (κ3) is 5.19. The van der Waals surface area contributed by atoms with E-state index in [-0.39, 0.29) is 5.91 Å². The van der Waals surface area contributed by atoms with Gasteiger partial charge in [0.2, 0.25) is 5.91 Å². The predicted molar refractivity (Wildman–Crippen MR) is 101 cm³/mol. The molecule has 3 rings (SSSR count). The van der Waals surface area contributed by atoms with E-state index >= 15 is 0 Å². The molecule has 1 saturated heterocycles. The summed E-state index contributed by atoms with van der Waals surface area (Å²) in [7, 11) is 0. The van der Waals surface area contributed by atoms with E-state index in [1.165, 1.54) is 5.56 Å². The highest BCUT2D eigenvalue weighted by molar-refractivity contribution is 5.91. The summed E-state index contributed by atoms with van der Waals surface area (Å²) in [5.74, 6) is 1.62. The summed E-state index contributed by atoms with van der Waals surface area (Å²) in [6.07, 6.45) is 7.67. The number of carbonyl (C=O) groups excluding carboxylic acids is 1. The molecule has 4 heteroatoms. The van der Waals surface area contributed by atoms with Gasteiger partial charge in [-0.25, -0.2) is 0 Å². The van der Waals surface area contributed by atoms with Gasteiger partial charge in [0.1, 0.15) is 11.5 Å². The van der Waals surface area contributed by atoms with E-state index in [0.717, 1.165) is 44.2 Å². The van der Waals surface area contributed by atoms with E-state index in [4.69, 9.17) is 4.42 Å². The van der Waals surface area contributed by atoms with Gasteiger partial charge in [-0.3, -0.25) is 9.69 Å². The van der Waals surface area contributed by atoms with Crippen molar-refractivity contribution in [1.82, 2.24) is 9.80 Å². The number of furan rings is 1. The van der Waals surface area contributed by atoms with E-state index in [9.17, 15) is 4.79 Å². The van der Waals surface area contributed by atoms with Crippen molar-refractivity contribution in [2.45, 2.75) is 6.92 Å². The van der Waals surface area contributed by atoms with Crippen molar-refractivity contribution < 1.29 is 9.21 Å². The number of nitrogens with zero attached hydrogens (tertiary/aromatic N) is 2. The van der Waals surface area contributed by atoms with Crippen LogP contribution in [0, 0.1) is 6.92 Å². The van der Waals surface area contributed by atoms with Gasteiger partial charge in [0, 0.05) is 38.8 Å². The van der Waals surface area contributed by atoms with Gasteiger partial charge >= 0.3 is 0 Å². The Morgan fingerprint density at radius 3 is 2.48 bits per heavy atom. The molecule has 0 unspecified atom stereocenters. The smallest absolute Gasteiger partial charge is 0.246 e. The minimum atomic E-state index is 0.0496. The summed E-state index contributed by atoms with van der Waals surface area (Å²) in [5, 5.41) is 0. The van der Waals surface area contributed by atoms with E-state index in [1.807, 2.05) is 42.2 Å². The molecule has 4 nitrogen and oxygen atoms in total. The van der Waals surface area contributed by atoms with Crippen LogP contribution < -0.4 is 0 Å². The Bertz CT molecular complexity index is 738. The van der Waals surface area contributed by atoms with Gasteiger partial charge in [-0.1, -0.05) is 42.5 Å². The number of aryl methyl sites for hydroxylation is 1. The lowest BCUT2D eigenvalue weighted by Crippen LogP contribution is -2.48. The molecule has 0 saturated carbocycles. The third-order valence-corrected chi connectivity index (χ3v) is 4.31. The fourth-order valence-electron chi connectivity index (χ4n) is 2.85. The first-order valence-electron chi connectivity index (χ1n) is 8.68. The molecule has 0 spiro atoms.